The molecule has 2 fully saturated rings. The van der Waals surface area contributed by atoms with E-state index in [9.17, 15) is 22.0 Å². The molecule has 1 aliphatic heterocycles. The summed E-state index contributed by atoms with van der Waals surface area (Å²) >= 11 is 0. The number of aromatic nitrogens is 3. The molecule has 10 heteroatoms. The topological polar surface area (TPSA) is 45.5 Å². The normalized spacial score (nSPS) is 17.8. The van der Waals surface area contributed by atoms with Crippen molar-refractivity contribution in [3.8, 4) is 0 Å². The maximum Gasteiger partial charge on any atom is 0.422 e. The third-order valence-electron chi connectivity index (χ3n) is 6.21. The fourth-order valence-corrected chi connectivity index (χ4v) is 4.34. The van der Waals surface area contributed by atoms with Gasteiger partial charge in [-0.1, -0.05) is 0 Å². The molecule has 0 unspecified atom stereocenters. The van der Waals surface area contributed by atoms with Crippen molar-refractivity contribution in [3.63, 3.8) is 0 Å². The van der Waals surface area contributed by atoms with Crippen LogP contribution in [0.2, 0.25) is 0 Å². The lowest BCUT2D eigenvalue weighted by Crippen LogP contribution is -2.40. The van der Waals surface area contributed by atoms with E-state index in [0.29, 0.717) is 44.1 Å². The van der Waals surface area contributed by atoms with Gasteiger partial charge in [-0.25, -0.2) is 8.78 Å². The fourth-order valence-electron chi connectivity index (χ4n) is 4.34. The van der Waals surface area contributed by atoms with Gasteiger partial charge in [-0.3, -0.25) is 4.40 Å². The van der Waals surface area contributed by atoms with Gasteiger partial charge >= 0.3 is 6.18 Å². The lowest BCUT2D eigenvalue weighted by atomic mass is 10.0. The van der Waals surface area contributed by atoms with Gasteiger partial charge in [-0.15, -0.1) is 10.2 Å². The number of fused-ring (bicyclic) bond motifs is 1. The van der Waals surface area contributed by atoms with Crippen LogP contribution >= 0.6 is 0 Å². The van der Waals surface area contributed by atoms with Crippen molar-refractivity contribution in [2.24, 2.45) is 5.92 Å². The number of pyridine rings is 1. The molecule has 0 radical (unpaired) electrons. The number of anilines is 2. The lowest BCUT2D eigenvalue weighted by Gasteiger charge is -2.35. The molecular weight excluding hydrogens is 429 g/mol. The number of piperidine rings is 1. The summed E-state index contributed by atoms with van der Waals surface area (Å²) in [5.74, 6) is -0.310. The van der Waals surface area contributed by atoms with Crippen LogP contribution in [0.15, 0.2) is 30.5 Å². The Hall–Kier alpha value is -2.91. The zero-order chi connectivity index (χ0) is 22.5. The van der Waals surface area contributed by atoms with Crippen LogP contribution in [0.4, 0.5) is 33.3 Å². The number of alkyl halides is 3. The SMILES string of the molecule is Fc1ccc(NC2CCN(c3ccn4c(CC5CC5)nnc4c3C(F)(F)F)CC2)c(F)c1. The number of hydrogen-bond donors (Lipinski definition) is 1. The van der Waals surface area contributed by atoms with E-state index in [2.05, 4.69) is 15.5 Å². The maximum atomic E-state index is 14.1. The van der Waals surface area contributed by atoms with E-state index in [1.54, 1.807) is 11.1 Å². The Bertz CT molecular complexity index is 1130. The van der Waals surface area contributed by atoms with Gasteiger partial charge in [-0.05, 0) is 49.8 Å². The van der Waals surface area contributed by atoms with E-state index in [1.165, 1.54) is 22.6 Å². The second kappa shape index (κ2) is 7.90. The second-order valence-corrected chi connectivity index (χ2v) is 8.56. The number of halogens is 5. The molecule has 5 nitrogen and oxygen atoms in total. The smallest absolute Gasteiger partial charge is 0.380 e. The average molecular weight is 451 g/mol. The third-order valence-corrected chi connectivity index (χ3v) is 6.21. The second-order valence-electron chi connectivity index (χ2n) is 8.56. The van der Waals surface area contributed by atoms with Crippen molar-refractivity contribution in [1.82, 2.24) is 14.6 Å². The first-order valence-electron chi connectivity index (χ1n) is 10.7. The third kappa shape index (κ3) is 4.10. The molecule has 1 aliphatic carbocycles. The summed E-state index contributed by atoms with van der Waals surface area (Å²) in [5, 5.41) is 11.0. The van der Waals surface area contributed by atoms with Crippen molar-refractivity contribution >= 4 is 17.0 Å². The Labute approximate surface area is 181 Å². The molecule has 170 valence electrons. The summed E-state index contributed by atoms with van der Waals surface area (Å²) in [6.45, 7) is 0.728. The summed E-state index contributed by atoms with van der Waals surface area (Å²) in [6, 6.07) is 4.67. The van der Waals surface area contributed by atoms with Gasteiger partial charge in [0.2, 0.25) is 0 Å². The average Bonchev–Trinajstić information content (AvgIpc) is 3.48. The van der Waals surface area contributed by atoms with Crippen LogP contribution in [0.5, 0.6) is 0 Å². The highest BCUT2D eigenvalue weighted by Crippen LogP contribution is 2.41. The fraction of sp³-hybridized carbons (Fsp3) is 0.455. The van der Waals surface area contributed by atoms with Gasteiger partial charge in [0.05, 0.1) is 11.4 Å². The van der Waals surface area contributed by atoms with Crippen LogP contribution in [-0.2, 0) is 12.6 Å². The van der Waals surface area contributed by atoms with E-state index in [0.717, 1.165) is 18.9 Å². The zero-order valence-corrected chi connectivity index (χ0v) is 17.2. The first-order valence-corrected chi connectivity index (χ1v) is 10.7. The summed E-state index contributed by atoms with van der Waals surface area (Å²) in [6.07, 6.45) is 0.852. The predicted molar refractivity (Wildman–Crippen MR) is 110 cm³/mol. The van der Waals surface area contributed by atoms with Crippen molar-refractivity contribution in [1.29, 1.82) is 0 Å². The molecular formula is C22H22F5N5. The van der Waals surface area contributed by atoms with Gasteiger partial charge < -0.3 is 10.2 Å². The Morgan fingerprint density at radius 2 is 1.75 bits per heavy atom. The molecule has 2 aromatic heterocycles. The quantitative estimate of drug-likeness (QED) is 0.551. The molecule has 1 saturated carbocycles. The Kier molecular flexibility index (Phi) is 5.17. The molecule has 3 heterocycles. The number of hydrogen-bond acceptors (Lipinski definition) is 4. The highest BCUT2D eigenvalue weighted by molar-refractivity contribution is 5.67. The molecule has 5 rings (SSSR count). The first-order chi connectivity index (χ1) is 15.3. The largest absolute Gasteiger partial charge is 0.422 e. The number of rotatable bonds is 5. The van der Waals surface area contributed by atoms with Crippen molar-refractivity contribution in [2.45, 2.75) is 44.3 Å². The van der Waals surface area contributed by atoms with Crippen LogP contribution in [0.25, 0.3) is 5.65 Å². The molecule has 0 atom stereocenters. The number of benzene rings is 1. The minimum absolute atomic E-state index is 0.0850. The minimum Gasteiger partial charge on any atom is -0.380 e. The van der Waals surface area contributed by atoms with E-state index < -0.39 is 23.4 Å². The molecule has 1 N–H and O–H groups in total. The predicted octanol–water partition coefficient (Wildman–Crippen LogP) is 5.06. The molecule has 0 bridgehead atoms. The van der Waals surface area contributed by atoms with Crippen LogP contribution < -0.4 is 10.2 Å². The molecule has 1 saturated heterocycles. The van der Waals surface area contributed by atoms with Crippen LogP contribution in [0.1, 0.15) is 37.1 Å². The van der Waals surface area contributed by atoms with Crippen LogP contribution in [0, 0.1) is 17.6 Å². The van der Waals surface area contributed by atoms with Gasteiger partial charge in [-0.2, -0.15) is 13.2 Å². The molecule has 2 aliphatic rings. The van der Waals surface area contributed by atoms with Gasteiger partial charge in [0, 0.05) is 37.8 Å². The summed E-state index contributed by atoms with van der Waals surface area (Å²) < 4.78 is 70.7. The van der Waals surface area contributed by atoms with Crippen molar-refractivity contribution in [3.05, 3.63) is 53.5 Å². The molecule has 0 spiro atoms. The van der Waals surface area contributed by atoms with Crippen molar-refractivity contribution in [2.75, 3.05) is 23.3 Å². The standard InChI is InChI=1S/C22H22F5N5/c23-14-3-4-17(16(24)12-14)28-15-5-8-31(9-6-15)18-7-10-32-19(11-13-1-2-13)29-30-21(32)20(18)22(25,26)27/h3-4,7,10,12-13,15,28H,1-2,5-6,8-9,11H2. The highest BCUT2D eigenvalue weighted by Gasteiger charge is 2.40. The minimum atomic E-state index is -4.58. The highest BCUT2D eigenvalue weighted by atomic mass is 19.4. The van der Waals surface area contributed by atoms with Crippen molar-refractivity contribution < 1.29 is 22.0 Å². The monoisotopic (exact) mass is 451 g/mol. The van der Waals surface area contributed by atoms with Gasteiger partial charge in [0.25, 0.3) is 0 Å². The zero-order valence-electron chi connectivity index (χ0n) is 17.2. The summed E-state index contributed by atoms with van der Waals surface area (Å²) in [5.41, 5.74) is -0.666. The van der Waals surface area contributed by atoms with Crippen LogP contribution in [0.3, 0.4) is 0 Å². The van der Waals surface area contributed by atoms with E-state index in [-0.39, 0.29) is 23.1 Å². The van der Waals surface area contributed by atoms with Crippen LogP contribution in [-0.4, -0.2) is 33.7 Å². The van der Waals surface area contributed by atoms with E-state index in [4.69, 9.17) is 0 Å². The van der Waals surface area contributed by atoms with Gasteiger partial charge in [0.1, 0.15) is 23.0 Å². The Morgan fingerprint density at radius 1 is 1.00 bits per heavy atom. The lowest BCUT2D eigenvalue weighted by molar-refractivity contribution is -0.136. The first kappa shape index (κ1) is 21.0. The Balaban J connectivity index is 1.36. The molecule has 0 amide bonds. The summed E-state index contributed by atoms with van der Waals surface area (Å²) in [7, 11) is 0. The molecule has 32 heavy (non-hydrogen) atoms. The van der Waals surface area contributed by atoms with E-state index >= 15 is 0 Å². The molecule has 1 aromatic carbocycles. The molecule has 3 aromatic rings. The van der Waals surface area contributed by atoms with E-state index in [1.807, 2.05) is 0 Å². The number of nitrogens with one attached hydrogen (secondary N) is 1. The number of nitrogens with zero attached hydrogens (tertiary/aromatic N) is 4. The maximum absolute atomic E-state index is 14.1. The van der Waals surface area contributed by atoms with Gasteiger partial charge in [0.15, 0.2) is 5.65 Å². The Morgan fingerprint density at radius 3 is 2.41 bits per heavy atom. The summed E-state index contributed by atoms with van der Waals surface area (Å²) in [4.78, 5) is 1.69.